The van der Waals surface area contributed by atoms with Gasteiger partial charge in [-0.3, -0.25) is 4.79 Å². The summed E-state index contributed by atoms with van der Waals surface area (Å²) < 4.78 is 31.4. The quantitative estimate of drug-likeness (QED) is 0.510. The number of nitrogens with zero attached hydrogens (tertiary/aromatic N) is 2. The lowest BCUT2D eigenvalue weighted by molar-refractivity contribution is -0.120. The van der Waals surface area contributed by atoms with Crippen LogP contribution < -0.4 is 10.5 Å². The molecule has 0 aliphatic rings. The van der Waals surface area contributed by atoms with Crippen molar-refractivity contribution in [2.45, 2.75) is 4.90 Å². The van der Waals surface area contributed by atoms with E-state index in [1.165, 1.54) is 24.3 Å². The maximum atomic E-state index is 13.0. The van der Waals surface area contributed by atoms with Crippen molar-refractivity contribution in [1.82, 2.24) is 9.19 Å². The number of ether oxygens (including phenoxy) is 1. The second kappa shape index (κ2) is 6.99. The Balaban J connectivity index is 2.26. The Kier molecular flexibility index (Phi) is 4.90. The smallest absolute Gasteiger partial charge is 0.299 e. The van der Waals surface area contributed by atoms with Crippen LogP contribution in [0.25, 0.3) is 11.3 Å². The Morgan fingerprint density at radius 3 is 2.23 bits per heavy atom. The Morgan fingerprint density at radius 1 is 1.04 bits per heavy atom. The van der Waals surface area contributed by atoms with Crippen molar-refractivity contribution in [3.8, 4) is 17.1 Å². The first kappa shape index (κ1) is 18.2. The summed E-state index contributed by atoms with van der Waals surface area (Å²) in [5.74, 6) is -0.328. The van der Waals surface area contributed by atoms with Crippen molar-refractivity contribution in [2.24, 2.45) is 0 Å². The highest BCUT2D eigenvalue weighted by Crippen LogP contribution is 2.37. The van der Waals surface area contributed by atoms with Crippen LogP contribution in [-0.4, -0.2) is 24.1 Å². The van der Waals surface area contributed by atoms with Crippen LogP contribution >= 0.6 is 23.2 Å². The number of rotatable bonds is 5. The average Bonchev–Trinajstić information content (AvgIpc) is 2.94. The van der Waals surface area contributed by atoms with Crippen LogP contribution in [0.5, 0.6) is 5.88 Å². The molecule has 26 heavy (non-hydrogen) atoms. The number of carbonyl (C=O) groups is 1. The molecule has 0 spiro atoms. The highest BCUT2D eigenvalue weighted by Gasteiger charge is 2.28. The van der Waals surface area contributed by atoms with E-state index < -0.39 is 10.0 Å². The molecule has 0 atom stereocenters. The highest BCUT2D eigenvalue weighted by molar-refractivity contribution is 7.90. The van der Waals surface area contributed by atoms with Gasteiger partial charge in [-0.1, -0.05) is 35.3 Å². The molecule has 3 aromatic rings. The number of halogens is 2. The Hall–Kier alpha value is -2.55. The Morgan fingerprint density at radius 2 is 1.65 bits per heavy atom. The van der Waals surface area contributed by atoms with Gasteiger partial charge in [0.1, 0.15) is 10.7 Å². The molecule has 0 amide bonds. The van der Waals surface area contributed by atoms with Gasteiger partial charge in [-0.05, 0) is 36.4 Å². The zero-order valence-corrected chi connectivity index (χ0v) is 15.3. The van der Waals surface area contributed by atoms with Crippen molar-refractivity contribution in [1.29, 1.82) is 0 Å². The number of hydrogen-bond acceptors (Lipinski definition) is 6. The summed E-state index contributed by atoms with van der Waals surface area (Å²) in [7, 11) is -4.13. The molecule has 1 aromatic heterocycles. The van der Waals surface area contributed by atoms with E-state index in [1.54, 1.807) is 24.3 Å². The fourth-order valence-corrected chi connectivity index (χ4v) is 3.99. The number of benzene rings is 2. The Bertz CT molecular complexity index is 1060. The minimum atomic E-state index is -4.13. The average molecular weight is 412 g/mol. The van der Waals surface area contributed by atoms with Gasteiger partial charge in [-0.25, -0.2) is 0 Å². The minimum Gasteiger partial charge on any atom is -0.406 e. The monoisotopic (exact) mass is 411 g/mol. The fourth-order valence-electron chi connectivity index (χ4n) is 2.24. The number of hydrogen-bond donors (Lipinski definition) is 1. The summed E-state index contributed by atoms with van der Waals surface area (Å²) in [6, 6.07) is 11.9. The molecule has 0 aliphatic carbocycles. The van der Waals surface area contributed by atoms with Gasteiger partial charge in [0.25, 0.3) is 22.4 Å². The van der Waals surface area contributed by atoms with E-state index in [-0.39, 0.29) is 28.0 Å². The molecule has 10 heteroatoms. The number of nitrogens with two attached hydrogens (primary N) is 1. The molecule has 134 valence electrons. The van der Waals surface area contributed by atoms with Gasteiger partial charge in [0, 0.05) is 16.3 Å². The summed E-state index contributed by atoms with van der Waals surface area (Å²) in [5.41, 5.74) is 6.47. The topological polar surface area (TPSA) is 104 Å². The van der Waals surface area contributed by atoms with E-state index in [0.717, 1.165) is 0 Å². The van der Waals surface area contributed by atoms with Gasteiger partial charge in [-0.15, -0.1) is 9.19 Å². The molecular formula is C16H11Cl2N3O4S. The lowest BCUT2D eigenvalue weighted by Crippen LogP contribution is -2.16. The van der Waals surface area contributed by atoms with Gasteiger partial charge >= 0.3 is 0 Å². The van der Waals surface area contributed by atoms with Crippen molar-refractivity contribution in [2.75, 3.05) is 5.73 Å². The zero-order valence-electron chi connectivity index (χ0n) is 13.0. The predicted octanol–water partition coefficient (Wildman–Crippen LogP) is 3.21. The van der Waals surface area contributed by atoms with Gasteiger partial charge in [-0.2, -0.15) is 8.42 Å². The maximum absolute atomic E-state index is 13.0. The number of nitrogen functional groups attached to an aromatic ring is 1. The molecule has 0 saturated carbocycles. The van der Waals surface area contributed by atoms with Gasteiger partial charge < -0.3 is 10.5 Å². The minimum absolute atomic E-state index is 0.0389. The molecule has 2 aromatic carbocycles. The largest absolute Gasteiger partial charge is 0.406 e. The van der Waals surface area contributed by atoms with Crippen LogP contribution in [0.2, 0.25) is 10.0 Å². The lowest BCUT2D eigenvalue weighted by atomic mass is 10.1. The summed E-state index contributed by atoms with van der Waals surface area (Å²) in [5, 5.41) is 4.18. The molecule has 0 radical (unpaired) electrons. The fraction of sp³-hybridized carbons (Fsp3) is 0. The summed E-state index contributed by atoms with van der Waals surface area (Å²) in [6.45, 7) is 0.111. The van der Waals surface area contributed by atoms with Crippen LogP contribution in [0.3, 0.4) is 0 Å². The first-order valence-corrected chi connectivity index (χ1v) is 9.30. The van der Waals surface area contributed by atoms with Crippen molar-refractivity contribution >= 4 is 45.4 Å². The molecule has 0 fully saturated rings. The normalized spacial score (nSPS) is 11.3. The molecule has 1 heterocycles. The summed E-state index contributed by atoms with van der Waals surface area (Å²) in [4.78, 5) is 10.6. The molecule has 7 nitrogen and oxygen atoms in total. The highest BCUT2D eigenvalue weighted by atomic mass is 35.5. The van der Waals surface area contributed by atoms with Crippen LogP contribution in [0.1, 0.15) is 0 Å². The second-order valence-electron chi connectivity index (χ2n) is 5.11. The molecule has 0 saturated heterocycles. The van der Waals surface area contributed by atoms with Crippen LogP contribution in [-0.2, 0) is 14.8 Å². The molecule has 2 N–H and O–H groups in total. The van der Waals surface area contributed by atoms with Crippen molar-refractivity contribution in [3.05, 3.63) is 58.6 Å². The third-order valence-corrected chi connectivity index (χ3v) is 5.63. The standard InChI is InChI=1S/C16H11Cl2N3O4S/c17-11-3-1-10(2-4-11)15-14(18)16(25-9-22)20-21(15)26(23,24)13-7-5-12(19)6-8-13/h1-9H,19H2. The molecule has 3 rings (SSSR count). The molecule has 0 unspecified atom stereocenters. The first-order chi connectivity index (χ1) is 12.3. The molecule has 0 bridgehead atoms. The zero-order chi connectivity index (χ0) is 18.9. The van der Waals surface area contributed by atoms with E-state index in [4.69, 9.17) is 33.7 Å². The lowest BCUT2D eigenvalue weighted by Gasteiger charge is -2.09. The van der Waals surface area contributed by atoms with Crippen molar-refractivity contribution < 1.29 is 17.9 Å². The van der Waals surface area contributed by atoms with E-state index in [0.29, 0.717) is 20.4 Å². The number of anilines is 1. The number of aromatic nitrogens is 2. The molecular weight excluding hydrogens is 401 g/mol. The van der Waals surface area contributed by atoms with Crippen LogP contribution in [0.4, 0.5) is 5.69 Å². The SMILES string of the molecule is Nc1ccc(S(=O)(=O)n2nc(OC=O)c(Cl)c2-c2ccc(Cl)cc2)cc1. The Labute approximate surface area is 159 Å². The van der Waals surface area contributed by atoms with Crippen LogP contribution in [0.15, 0.2) is 53.4 Å². The van der Waals surface area contributed by atoms with Gasteiger partial charge in [0.05, 0.1) is 4.90 Å². The second-order valence-corrected chi connectivity index (χ2v) is 7.69. The van der Waals surface area contributed by atoms with E-state index >= 15 is 0 Å². The van der Waals surface area contributed by atoms with Crippen molar-refractivity contribution in [3.63, 3.8) is 0 Å². The van der Waals surface area contributed by atoms with Gasteiger partial charge in [0.15, 0.2) is 0 Å². The third-order valence-electron chi connectivity index (χ3n) is 3.45. The van der Waals surface area contributed by atoms with E-state index in [1.807, 2.05) is 0 Å². The third kappa shape index (κ3) is 3.26. The summed E-state index contributed by atoms with van der Waals surface area (Å²) >= 11 is 12.1. The maximum Gasteiger partial charge on any atom is 0.299 e. The van der Waals surface area contributed by atoms with Gasteiger partial charge in [0.2, 0.25) is 0 Å². The molecule has 0 aliphatic heterocycles. The predicted molar refractivity (Wildman–Crippen MR) is 97.8 cm³/mol. The number of carbonyl (C=O) groups excluding carboxylic acids is 1. The first-order valence-electron chi connectivity index (χ1n) is 7.10. The van der Waals surface area contributed by atoms with E-state index in [9.17, 15) is 13.2 Å². The van der Waals surface area contributed by atoms with Crippen LogP contribution in [0, 0.1) is 0 Å². The summed E-state index contributed by atoms with van der Waals surface area (Å²) in [6.07, 6.45) is 0. The van der Waals surface area contributed by atoms with E-state index in [2.05, 4.69) is 5.10 Å².